The van der Waals surface area contributed by atoms with E-state index in [-0.39, 0.29) is 37.5 Å². The van der Waals surface area contributed by atoms with E-state index in [1.54, 1.807) is 0 Å². The third-order valence-corrected chi connectivity index (χ3v) is 12.2. The number of allylic oxidation sites excluding steroid dienone is 28. The number of ether oxygens (including phenoxy) is 3. The number of hydrogen-bond acceptors (Lipinski definition) is 6. The molecular weight excluding hydrogens is 949 g/mol. The molecule has 0 heterocycles. The van der Waals surface area contributed by atoms with Gasteiger partial charge in [-0.25, -0.2) is 0 Å². The fraction of sp³-hybridized carbons (Fsp3) is 0.563. The Morgan fingerprint density at radius 3 is 0.766 bits per heavy atom. The standard InChI is InChI=1S/C71H110O6/c1-4-7-10-13-16-19-22-25-28-31-32-33-34-35-36-37-38-41-43-46-49-52-55-58-61-64-70(73)76-67-68(77-71(74)65-62-59-56-53-50-47-44-40-30-27-24-21-18-15-12-9-6-3)66-75-69(72)63-60-57-54-51-48-45-42-39-29-26-23-20-17-14-11-8-5-2/h7-12,16-21,25-30,32-33,35-36,38,41,44,47,53,56,68H,4-6,13-15,22-24,31,34,37,39-40,42-43,45-46,48-52,54-55,57-67H2,1-3H3/b10-7-,11-8-,12-9-,19-16-,20-17-,21-18-,28-25-,29-26-,30-27-,33-32-,36-35-,41-38-,47-44-,56-53-. The molecule has 0 bridgehead atoms. The fourth-order valence-electron chi connectivity index (χ4n) is 7.73. The van der Waals surface area contributed by atoms with Crippen molar-refractivity contribution >= 4 is 17.9 Å². The van der Waals surface area contributed by atoms with Crippen molar-refractivity contribution in [2.45, 2.75) is 245 Å². The van der Waals surface area contributed by atoms with E-state index in [1.165, 1.54) is 38.5 Å². The van der Waals surface area contributed by atoms with Crippen LogP contribution in [0.3, 0.4) is 0 Å². The molecule has 0 fully saturated rings. The highest BCUT2D eigenvalue weighted by Crippen LogP contribution is 2.13. The molecule has 0 aromatic carbocycles. The highest BCUT2D eigenvalue weighted by atomic mass is 16.6. The van der Waals surface area contributed by atoms with Gasteiger partial charge < -0.3 is 14.2 Å². The van der Waals surface area contributed by atoms with Crippen molar-refractivity contribution in [3.63, 3.8) is 0 Å². The van der Waals surface area contributed by atoms with Gasteiger partial charge in [-0.1, -0.05) is 249 Å². The van der Waals surface area contributed by atoms with Crippen LogP contribution in [-0.2, 0) is 28.6 Å². The van der Waals surface area contributed by atoms with Gasteiger partial charge in [-0.2, -0.15) is 0 Å². The summed E-state index contributed by atoms with van der Waals surface area (Å²) in [6.07, 6.45) is 93.5. The number of carbonyl (C=O) groups is 3. The molecule has 0 aliphatic heterocycles. The molecule has 0 saturated carbocycles. The summed E-state index contributed by atoms with van der Waals surface area (Å²) in [7, 11) is 0. The Kier molecular flexibility index (Phi) is 59.0. The number of hydrogen-bond donors (Lipinski definition) is 0. The maximum absolute atomic E-state index is 12.9. The minimum absolute atomic E-state index is 0.119. The summed E-state index contributed by atoms with van der Waals surface area (Å²) in [5.41, 5.74) is 0. The molecular formula is C71H110O6. The summed E-state index contributed by atoms with van der Waals surface area (Å²) in [5.74, 6) is -1.01. The van der Waals surface area contributed by atoms with Gasteiger partial charge in [0.05, 0.1) is 0 Å². The molecule has 0 aliphatic carbocycles. The fourth-order valence-corrected chi connectivity index (χ4v) is 7.73. The van der Waals surface area contributed by atoms with E-state index in [1.807, 2.05) is 0 Å². The quantitative estimate of drug-likeness (QED) is 0.0261. The van der Waals surface area contributed by atoms with Crippen LogP contribution in [0.1, 0.15) is 239 Å². The van der Waals surface area contributed by atoms with Crippen molar-refractivity contribution in [2.24, 2.45) is 0 Å². The van der Waals surface area contributed by atoms with Crippen LogP contribution >= 0.6 is 0 Å². The van der Waals surface area contributed by atoms with Gasteiger partial charge in [0.2, 0.25) is 0 Å². The molecule has 0 aliphatic rings. The molecule has 430 valence electrons. The minimum atomic E-state index is -0.829. The van der Waals surface area contributed by atoms with Crippen molar-refractivity contribution in [3.8, 4) is 0 Å². The second-order valence-electron chi connectivity index (χ2n) is 19.5. The predicted octanol–water partition coefficient (Wildman–Crippen LogP) is 21.1. The molecule has 0 amide bonds. The molecule has 0 rings (SSSR count). The average molecular weight is 1060 g/mol. The van der Waals surface area contributed by atoms with Crippen molar-refractivity contribution in [2.75, 3.05) is 13.2 Å². The van der Waals surface area contributed by atoms with Crippen LogP contribution in [-0.4, -0.2) is 37.2 Å². The van der Waals surface area contributed by atoms with Crippen LogP contribution in [0.4, 0.5) is 0 Å². The second-order valence-corrected chi connectivity index (χ2v) is 19.5. The maximum atomic E-state index is 12.9. The first-order valence-corrected chi connectivity index (χ1v) is 30.6. The van der Waals surface area contributed by atoms with Gasteiger partial charge >= 0.3 is 17.9 Å². The van der Waals surface area contributed by atoms with Crippen molar-refractivity contribution in [3.05, 3.63) is 170 Å². The zero-order chi connectivity index (χ0) is 55.7. The first-order valence-electron chi connectivity index (χ1n) is 30.6. The normalized spacial score (nSPS) is 13.3. The Labute approximate surface area is 472 Å². The topological polar surface area (TPSA) is 78.9 Å². The first kappa shape index (κ1) is 71.8. The van der Waals surface area contributed by atoms with Crippen molar-refractivity contribution < 1.29 is 28.6 Å². The summed E-state index contributed by atoms with van der Waals surface area (Å²) in [4.78, 5) is 38.3. The molecule has 77 heavy (non-hydrogen) atoms. The number of esters is 3. The zero-order valence-electron chi connectivity index (χ0n) is 49.1. The van der Waals surface area contributed by atoms with Gasteiger partial charge in [0.15, 0.2) is 6.10 Å². The highest BCUT2D eigenvalue weighted by Gasteiger charge is 2.19. The molecule has 1 atom stereocenters. The largest absolute Gasteiger partial charge is 0.462 e. The third kappa shape index (κ3) is 61.5. The molecule has 0 N–H and O–H groups in total. The van der Waals surface area contributed by atoms with Crippen molar-refractivity contribution in [1.29, 1.82) is 0 Å². The van der Waals surface area contributed by atoms with Gasteiger partial charge in [-0.3, -0.25) is 14.4 Å². The number of unbranched alkanes of at least 4 members (excludes halogenated alkanes) is 14. The van der Waals surface area contributed by atoms with Crippen LogP contribution in [0.25, 0.3) is 0 Å². The Balaban J connectivity index is 4.52. The van der Waals surface area contributed by atoms with Crippen LogP contribution in [0.5, 0.6) is 0 Å². The molecule has 1 unspecified atom stereocenters. The van der Waals surface area contributed by atoms with Crippen LogP contribution in [0.2, 0.25) is 0 Å². The highest BCUT2D eigenvalue weighted by molar-refractivity contribution is 5.71. The molecule has 6 nitrogen and oxygen atoms in total. The minimum Gasteiger partial charge on any atom is -0.462 e. The summed E-state index contributed by atoms with van der Waals surface area (Å²) in [6.45, 7) is 6.22. The molecule has 0 aromatic rings. The van der Waals surface area contributed by atoms with Gasteiger partial charge in [-0.15, -0.1) is 0 Å². The maximum Gasteiger partial charge on any atom is 0.306 e. The molecule has 6 heteroatoms. The average Bonchev–Trinajstić information content (AvgIpc) is 3.43. The van der Waals surface area contributed by atoms with E-state index >= 15 is 0 Å². The van der Waals surface area contributed by atoms with Crippen LogP contribution in [0.15, 0.2) is 170 Å². The first-order chi connectivity index (χ1) is 38.0. The second kappa shape index (κ2) is 63.3. The Bertz CT molecular complexity index is 1790. The molecule has 0 spiro atoms. The van der Waals surface area contributed by atoms with E-state index in [4.69, 9.17) is 14.2 Å². The van der Waals surface area contributed by atoms with E-state index in [0.29, 0.717) is 19.3 Å². The van der Waals surface area contributed by atoms with Gasteiger partial charge in [0.1, 0.15) is 13.2 Å². The van der Waals surface area contributed by atoms with Gasteiger partial charge in [0, 0.05) is 19.3 Å². The number of rotatable bonds is 53. The summed E-state index contributed by atoms with van der Waals surface area (Å²) < 4.78 is 16.8. The summed E-state index contributed by atoms with van der Waals surface area (Å²) in [6, 6.07) is 0. The Hall–Kier alpha value is -5.23. The SMILES string of the molecule is CC/C=C\C/C=C\C/C=C\C/C=C\C/C=C\C/C=C\CCCCCCCCC(=O)OCC(COC(=O)CCCCCCCCC/C=C\C/C=C\C/C=C\CC)OC(=O)CCC/C=C\C/C=C\C/C=C\C/C=C\C/C=C\CC. The number of carbonyl (C=O) groups excluding carboxylic acids is 3. The monoisotopic (exact) mass is 1060 g/mol. The van der Waals surface area contributed by atoms with E-state index in [9.17, 15) is 14.4 Å². The Morgan fingerprint density at radius 2 is 0.481 bits per heavy atom. The van der Waals surface area contributed by atoms with E-state index in [0.717, 1.165) is 154 Å². The van der Waals surface area contributed by atoms with E-state index < -0.39 is 6.10 Å². The summed E-state index contributed by atoms with van der Waals surface area (Å²) >= 11 is 0. The smallest absolute Gasteiger partial charge is 0.306 e. The Morgan fingerprint density at radius 1 is 0.260 bits per heavy atom. The molecule has 0 aromatic heterocycles. The predicted molar refractivity (Wildman–Crippen MR) is 334 cm³/mol. The molecule has 0 saturated heterocycles. The van der Waals surface area contributed by atoms with Gasteiger partial charge in [-0.05, 0) is 141 Å². The van der Waals surface area contributed by atoms with E-state index in [2.05, 4.69) is 191 Å². The van der Waals surface area contributed by atoms with Crippen LogP contribution in [0, 0.1) is 0 Å². The van der Waals surface area contributed by atoms with Crippen molar-refractivity contribution in [1.82, 2.24) is 0 Å². The third-order valence-electron chi connectivity index (χ3n) is 12.2. The van der Waals surface area contributed by atoms with Crippen LogP contribution < -0.4 is 0 Å². The lowest BCUT2D eigenvalue weighted by Crippen LogP contribution is -2.30. The lowest BCUT2D eigenvalue weighted by molar-refractivity contribution is -0.167. The lowest BCUT2D eigenvalue weighted by atomic mass is 10.1. The lowest BCUT2D eigenvalue weighted by Gasteiger charge is -2.18. The zero-order valence-corrected chi connectivity index (χ0v) is 49.1. The summed E-state index contributed by atoms with van der Waals surface area (Å²) in [5, 5.41) is 0. The molecule has 0 radical (unpaired) electrons. The van der Waals surface area contributed by atoms with Gasteiger partial charge in [0.25, 0.3) is 0 Å².